The zero-order chi connectivity index (χ0) is 11.6. The van der Waals surface area contributed by atoms with E-state index in [0.29, 0.717) is 13.0 Å². The quantitative estimate of drug-likeness (QED) is 0.693. The lowest BCUT2D eigenvalue weighted by atomic mass is 10.2. The van der Waals surface area contributed by atoms with Gasteiger partial charge in [-0.05, 0) is 27.2 Å². The van der Waals surface area contributed by atoms with Crippen LogP contribution in [-0.2, 0) is 20.2 Å². The van der Waals surface area contributed by atoms with Crippen LogP contribution in [0.3, 0.4) is 0 Å². The van der Waals surface area contributed by atoms with Gasteiger partial charge in [0.15, 0.2) is 0 Å². The van der Waals surface area contributed by atoms with Crippen LogP contribution in [-0.4, -0.2) is 32.9 Å². The van der Waals surface area contributed by atoms with Crippen LogP contribution < -0.4 is 0 Å². The van der Waals surface area contributed by atoms with Crippen molar-refractivity contribution in [1.29, 1.82) is 0 Å². The number of ether oxygens (including phenoxy) is 1. The Morgan fingerprint density at radius 2 is 2.20 bits per heavy atom. The van der Waals surface area contributed by atoms with Gasteiger partial charge in [-0.25, -0.2) is 9.00 Å². The van der Waals surface area contributed by atoms with Crippen LogP contribution in [0.4, 0.5) is 4.79 Å². The molecule has 1 heterocycles. The second-order valence-corrected chi connectivity index (χ2v) is 5.43. The highest BCUT2D eigenvalue weighted by molar-refractivity contribution is 7.78. The van der Waals surface area contributed by atoms with E-state index >= 15 is 0 Å². The predicted molar refractivity (Wildman–Crippen MR) is 56.2 cm³/mol. The van der Waals surface area contributed by atoms with Crippen molar-refractivity contribution in [2.24, 2.45) is 0 Å². The smallest absolute Gasteiger partial charge is 0.424 e. The summed E-state index contributed by atoms with van der Waals surface area (Å²) >= 11 is -1.70. The minimum Gasteiger partial charge on any atom is -0.443 e. The maximum atomic E-state index is 11.7. The molecule has 1 amide bonds. The van der Waals surface area contributed by atoms with E-state index in [-0.39, 0.29) is 6.04 Å². The van der Waals surface area contributed by atoms with E-state index in [9.17, 15) is 9.00 Å². The summed E-state index contributed by atoms with van der Waals surface area (Å²) in [5.41, 5.74) is -0.581. The Kier molecular flexibility index (Phi) is 3.72. The zero-order valence-corrected chi connectivity index (χ0v) is 10.3. The van der Waals surface area contributed by atoms with Crippen LogP contribution in [0.1, 0.15) is 34.1 Å². The molecular weight excluding hydrogens is 218 g/mol. The van der Waals surface area contributed by atoms with Gasteiger partial charge >= 0.3 is 6.09 Å². The number of rotatable bonds is 1. The first-order chi connectivity index (χ1) is 6.85. The van der Waals surface area contributed by atoms with E-state index in [0.717, 1.165) is 4.31 Å². The highest BCUT2D eigenvalue weighted by Gasteiger charge is 2.38. The van der Waals surface area contributed by atoms with Crippen molar-refractivity contribution in [1.82, 2.24) is 4.31 Å². The number of hydrogen-bond acceptors (Lipinski definition) is 4. The van der Waals surface area contributed by atoms with Crippen molar-refractivity contribution in [2.75, 3.05) is 6.61 Å². The predicted octanol–water partition coefficient (Wildman–Crippen LogP) is 1.61. The molecule has 0 spiro atoms. The molecule has 1 unspecified atom stereocenters. The maximum absolute atomic E-state index is 11.7. The third kappa shape index (κ3) is 3.17. The Balaban J connectivity index is 2.69. The summed E-state index contributed by atoms with van der Waals surface area (Å²) in [6.07, 6.45) is 0.121. The molecule has 1 aliphatic heterocycles. The lowest BCUT2D eigenvalue weighted by molar-refractivity contribution is 0.0361. The summed E-state index contributed by atoms with van der Waals surface area (Å²) in [4.78, 5) is 11.7. The van der Waals surface area contributed by atoms with Gasteiger partial charge in [0.25, 0.3) is 11.3 Å². The van der Waals surface area contributed by atoms with E-state index in [1.807, 2.05) is 6.92 Å². The van der Waals surface area contributed by atoms with Gasteiger partial charge in [0.2, 0.25) is 0 Å². The number of carbonyl (C=O) groups excluding carboxylic acids is 1. The SMILES string of the molecule is CC[C@H]1COS(=O)N1C(=O)OC(C)(C)C. The number of amides is 1. The molecule has 0 aliphatic carbocycles. The lowest BCUT2D eigenvalue weighted by Gasteiger charge is -2.25. The Hall–Kier alpha value is -0.620. The Morgan fingerprint density at radius 1 is 1.60 bits per heavy atom. The molecule has 0 saturated carbocycles. The summed E-state index contributed by atoms with van der Waals surface area (Å²) < 4.78 is 22.6. The molecule has 0 aromatic carbocycles. The fraction of sp³-hybridized carbons (Fsp3) is 0.889. The van der Waals surface area contributed by atoms with Crippen molar-refractivity contribution in [3.05, 3.63) is 0 Å². The molecule has 1 fully saturated rings. The summed E-state index contributed by atoms with van der Waals surface area (Å²) in [5, 5.41) is 0. The molecule has 0 bridgehead atoms. The average molecular weight is 235 g/mol. The molecule has 0 aromatic heterocycles. The fourth-order valence-corrected chi connectivity index (χ4v) is 2.18. The fourth-order valence-electron chi connectivity index (χ4n) is 1.18. The second-order valence-electron chi connectivity index (χ2n) is 4.37. The molecule has 0 N–H and O–H groups in total. The van der Waals surface area contributed by atoms with Gasteiger partial charge in [0, 0.05) is 0 Å². The van der Waals surface area contributed by atoms with Gasteiger partial charge in [0.05, 0.1) is 12.6 Å². The van der Waals surface area contributed by atoms with Crippen LogP contribution in [0, 0.1) is 0 Å². The third-order valence-electron chi connectivity index (χ3n) is 1.90. The Labute approximate surface area is 92.5 Å². The number of hydrogen-bond donors (Lipinski definition) is 0. The minimum absolute atomic E-state index is 0.152. The van der Waals surface area contributed by atoms with Crippen LogP contribution in [0.5, 0.6) is 0 Å². The maximum Gasteiger partial charge on any atom is 0.424 e. The largest absolute Gasteiger partial charge is 0.443 e. The molecule has 5 nitrogen and oxygen atoms in total. The Morgan fingerprint density at radius 3 is 2.67 bits per heavy atom. The topological polar surface area (TPSA) is 55.8 Å². The third-order valence-corrected chi connectivity index (χ3v) is 3.00. The normalized spacial score (nSPS) is 26.8. The summed E-state index contributed by atoms with van der Waals surface area (Å²) in [7, 11) is 0. The molecule has 0 aromatic rings. The van der Waals surface area contributed by atoms with Crippen LogP contribution in [0.2, 0.25) is 0 Å². The monoisotopic (exact) mass is 235 g/mol. The van der Waals surface area contributed by atoms with E-state index in [1.165, 1.54) is 0 Å². The van der Waals surface area contributed by atoms with E-state index in [1.54, 1.807) is 20.8 Å². The summed E-state index contributed by atoms with van der Waals surface area (Å²) in [5.74, 6) is 0. The van der Waals surface area contributed by atoms with Crippen LogP contribution in [0.15, 0.2) is 0 Å². The molecule has 1 aliphatic rings. The van der Waals surface area contributed by atoms with Crippen molar-refractivity contribution >= 4 is 17.4 Å². The number of nitrogens with zero attached hydrogens (tertiary/aromatic N) is 1. The zero-order valence-electron chi connectivity index (χ0n) is 9.48. The lowest BCUT2D eigenvalue weighted by Crippen LogP contribution is -2.40. The summed E-state index contributed by atoms with van der Waals surface area (Å²) in [6, 6.07) is -0.152. The van der Waals surface area contributed by atoms with Crippen molar-refractivity contribution in [3.63, 3.8) is 0 Å². The van der Waals surface area contributed by atoms with Crippen molar-refractivity contribution in [3.8, 4) is 0 Å². The number of carbonyl (C=O) groups is 1. The van der Waals surface area contributed by atoms with Gasteiger partial charge in [-0.3, -0.25) is 4.18 Å². The van der Waals surface area contributed by atoms with E-state index in [2.05, 4.69) is 0 Å². The van der Waals surface area contributed by atoms with Crippen LogP contribution >= 0.6 is 0 Å². The molecule has 2 atom stereocenters. The van der Waals surface area contributed by atoms with Gasteiger partial charge in [0.1, 0.15) is 5.60 Å². The average Bonchev–Trinajstić information content (AvgIpc) is 2.43. The molecule has 15 heavy (non-hydrogen) atoms. The molecule has 88 valence electrons. The minimum atomic E-state index is -1.70. The second kappa shape index (κ2) is 4.49. The molecular formula is C9H17NO4S. The van der Waals surface area contributed by atoms with E-state index in [4.69, 9.17) is 8.92 Å². The van der Waals surface area contributed by atoms with Crippen molar-refractivity contribution in [2.45, 2.75) is 45.8 Å². The molecule has 6 heteroatoms. The Bertz CT molecular complexity index is 274. The highest BCUT2D eigenvalue weighted by Crippen LogP contribution is 2.21. The van der Waals surface area contributed by atoms with Gasteiger partial charge < -0.3 is 4.74 Å². The van der Waals surface area contributed by atoms with Gasteiger partial charge in [-0.1, -0.05) is 6.92 Å². The van der Waals surface area contributed by atoms with Gasteiger partial charge in [-0.15, -0.1) is 0 Å². The standard InChI is InChI=1S/C9H17NO4S/c1-5-7-6-13-15(12)10(7)8(11)14-9(2,3)4/h7H,5-6H2,1-4H3/t7-,15?/m0/s1. The summed E-state index contributed by atoms with van der Waals surface area (Å²) in [6.45, 7) is 7.53. The van der Waals surface area contributed by atoms with E-state index < -0.39 is 23.0 Å². The molecule has 0 radical (unpaired) electrons. The first-order valence-corrected chi connectivity index (χ1v) is 5.95. The molecule has 1 saturated heterocycles. The first-order valence-electron chi connectivity index (χ1n) is 4.92. The highest BCUT2D eigenvalue weighted by atomic mass is 32.2. The van der Waals surface area contributed by atoms with Crippen molar-refractivity contribution < 1.29 is 17.9 Å². The van der Waals surface area contributed by atoms with Gasteiger partial charge in [-0.2, -0.15) is 4.31 Å². The van der Waals surface area contributed by atoms with Crippen LogP contribution in [0.25, 0.3) is 0 Å². The first kappa shape index (κ1) is 12.4. The molecule has 1 rings (SSSR count).